The summed E-state index contributed by atoms with van der Waals surface area (Å²) in [7, 11) is 0. The predicted molar refractivity (Wildman–Crippen MR) is 57.9 cm³/mol. The Morgan fingerprint density at radius 2 is 2.54 bits per heavy atom. The molecule has 0 saturated carbocycles. The number of aromatic nitrogens is 1. The van der Waals surface area contributed by atoms with Gasteiger partial charge in [-0.25, -0.2) is 4.98 Å². The molecule has 0 bridgehead atoms. The van der Waals surface area contributed by atoms with Crippen LogP contribution < -0.4 is 0 Å². The Kier molecular flexibility index (Phi) is 4.87. The van der Waals surface area contributed by atoms with Crippen molar-refractivity contribution >= 4 is 23.1 Å². The Balaban J connectivity index is 2.36. The molecule has 1 aromatic rings. The standard InChI is InChI=1S/C9H12N2S2/c1-2-5-12-7-9-11-6-8(13-9)3-4-10/h6H,2-3,5,7H2,1H3. The van der Waals surface area contributed by atoms with Gasteiger partial charge in [0.1, 0.15) is 5.01 Å². The third-order valence-electron chi connectivity index (χ3n) is 1.43. The average Bonchev–Trinajstić information content (AvgIpc) is 2.54. The molecule has 0 aliphatic carbocycles. The summed E-state index contributed by atoms with van der Waals surface area (Å²) in [6.07, 6.45) is 3.52. The molecule has 0 radical (unpaired) electrons. The molecule has 4 heteroatoms. The zero-order chi connectivity index (χ0) is 9.52. The van der Waals surface area contributed by atoms with Crippen LogP contribution >= 0.6 is 23.1 Å². The third-order valence-corrected chi connectivity index (χ3v) is 3.78. The van der Waals surface area contributed by atoms with Crippen molar-refractivity contribution in [1.29, 1.82) is 5.26 Å². The van der Waals surface area contributed by atoms with Crippen LogP contribution in [0.2, 0.25) is 0 Å². The molecular formula is C9H12N2S2. The van der Waals surface area contributed by atoms with Crippen molar-refractivity contribution in [3.8, 4) is 6.07 Å². The number of rotatable bonds is 5. The highest BCUT2D eigenvalue weighted by molar-refractivity contribution is 7.98. The topological polar surface area (TPSA) is 36.7 Å². The molecule has 13 heavy (non-hydrogen) atoms. The minimum atomic E-state index is 0.496. The first-order valence-electron chi connectivity index (χ1n) is 4.25. The maximum absolute atomic E-state index is 8.47. The van der Waals surface area contributed by atoms with Crippen molar-refractivity contribution in [3.63, 3.8) is 0 Å². The first-order valence-corrected chi connectivity index (χ1v) is 6.22. The van der Waals surface area contributed by atoms with E-state index in [0.29, 0.717) is 6.42 Å². The summed E-state index contributed by atoms with van der Waals surface area (Å²) < 4.78 is 0. The van der Waals surface area contributed by atoms with E-state index in [0.717, 1.165) is 15.6 Å². The average molecular weight is 212 g/mol. The SMILES string of the molecule is CCCSCc1ncc(CC#N)s1. The smallest absolute Gasteiger partial charge is 0.103 e. The summed E-state index contributed by atoms with van der Waals surface area (Å²) in [4.78, 5) is 5.33. The third kappa shape index (κ3) is 3.79. The van der Waals surface area contributed by atoms with E-state index in [-0.39, 0.29) is 0 Å². The summed E-state index contributed by atoms with van der Waals surface area (Å²) in [5, 5.41) is 9.61. The van der Waals surface area contributed by atoms with E-state index < -0.39 is 0 Å². The van der Waals surface area contributed by atoms with Gasteiger partial charge in [-0.15, -0.1) is 11.3 Å². The minimum absolute atomic E-state index is 0.496. The quantitative estimate of drug-likeness (QED) is 0.704. The van der Waals surface area contributed by atoms with Crippen LogP contribution in [0, 0.1) is 11.3 Å². The molecule has 1 rings (SSSR count). The molecule has 1 heterocycles. The highest BCUT2D eigenvalue weighted by atomic mass is 32.2. The number of hydrogen-bond acceptors (Lipinski definition) is 4. The second-order valence-electron chi connectivity index (χ2n) is 2.61. The number of hydrogen-bond donors (Lipinski definition) is 0. The molecule has 0 atom stereocenters. The molecule has 0 fully saturated rings. The highest BCUT2D eigenvalue weighted by Crippen LogP contribution is 2.19. The van der Waals surface area contributed by atoms with Gasteiger partial charge >= 0.3 is 0 Å². The summed E-state index contributed by atoms with van der Waals surface area (Å²) in [5.74, 6) is 2.18. The summed E-state index contributed by atoms with van der Waals surface area (Å²) in [6.45, 7) is 2.18. The maximum Gasteiger partial charge on any atom is 0.103 e. The van der Waals surface area contributed by atoms with Crippen molar-refractivity contribution in [3.05, 3.63) is 16.1 Å². The molecule has 0 N–H and O–H groups in total. The lowest BCUT2D eigenvalue weighted by molar-refractivity contribution is 1.10. The predicted octanol–water partition coefficient (Wildman–Crippen LogP) is 2.85. The number of nitriles is 1. The first kappa shape index (κ1) is 10.6. The number of thiazole rings is 1. The number of thioether (sulfide) groups is 1. The molecule has 0 spiro atoms. The largest absolute Gasteiger partial charge is 0.248 e. The Hall–Kier alpha value is -0.530. The van der Waals surface area contributed by atoms with Gasteiger partial charge in [0.15, 0.2) is 0 Å². The Bertz CT molecular complexity index is 288. The van der Waals surface area contributed by atoms with Crippen LogP contribution in [0.1, 0.15) is 23.2 Å². The van der Waals surface area contributed by atoms with Gasteiger partial charge in [-0.3, -0.25) is 0 Å². The van der Waals surface area contributed by atoms with Crippen LogP contribution in [0.5, 0.6) is 0 Å². The van der Waals surface area contributed by atoms with Crippen molar-refractivity contribution in [2.24, 2.45) is 0 Å². The second-order valence-corrected chi connectivity index (χ2v) is 4.91. The van der Waals surface area contributed by atoms with E-state index >= 15 is 0 Å². The van der Waals surface area contributed by atoms with Gasteiger partial charge in [0.2, 0.25) is 0 Å². The maximum atomic E-state index is 8.47. The molecule has 0 aromatic carbocycles. The van der Waals surface area contributed by atoms with Gasteiger partial charge in [0.05, 0.1) is 12.5 Å². The zero-order valence-electron chi connectivity index (χ0n) is 7.62. The van der Waals surface area contributed by atoms with Crippen molar-refractivity contribution in [2.45, 2.75) is 25.5 Å². The zero-order valence-corrected chi connectivity index (χ0v) is 9.25. The van der Waals surface area contributed by atoms with E-state index in [1.807, 2.05) is 18.0 Å². The second kappa shape index (κ2) is 6.01. The van der Waals surface area contributed by atoms with Crippen LogP contribution in [-0.2, 0) is 12.2 Å². The van der Waals surface area contributed by atoms with E-state index in [2.05, 4.69) is 18.0 Å². The van der Waals surface area contributed by atoms with E-state index in [1.165, 1.54) is 12.2 Å². The van der Waals surface area contributed by atoms with E-state index in [4.69, 9.17) is 5.26 Å². The number of nitrogens with zero attached hydrogens (tertiary/aromatic N) is 2. The van der Waals surface area contributed by atoms with Crippen LogP contribution in [0.25, 0.3) is 0 Å². The summed E-state index contributed by atoms with van der Waals surface area (Å²) in [6, 6.07) is 2.13. The molecule has 2 nitrogen and oxygen atoms in total. The molecule has 0 aliphatic heterocycles. The fourth-order valence-electron chi connectivity index (χ4n) is 0.878. The molecule has 0 amide bonds. The van der Waals surface area contributed by atoms with Gasteiger partial charge < -0.3 is 0 Å². The molecule has 70 valence electrons. The van der Waals surface area contributed by atoms with Crippen molar-refractivity contribution < 1.29 is 0 Å². The van der Waals surface area contributed by atoms with Gasteiger partial charge in [0.25, 0.3) is 0 Å². The van der Waals surface area contributed by atoms with Gasteiger partial charge in [-0.1, -0.05) is 6.92 Å². The minimum Gasteiger partial charge on any atom is -0.248 e. The van der Waals surface area contributed by atoms with Crippen LogP contribution in [-0.4, -0.2) is 10.7 Å². The van der Waals surface area contributed by atoms with Crippen molar-refractivity contribution in [2.75, 3.05) is 5.75 Å². The van der Waals surface area contributed by atoms with Crippen LogP contribution in [0.3, 0.4) is 0 Å². The highest BCUT2D eigenvalue weighted by Gasteiger charge is 2.00. The molecule has 0 saturated heterocycles. The lowest BCUT2D eigenvalue weighted by Crippen LogP contribution is -1.78. The van der Waals surface area contributed by atoms with E-state index in [1.54, 1.807) is 11.3 Å². The lowest BCUT2D eigenvalue weighted by atomic mass is 10.4. The summed E-state index contributed by atoms with van der Waals surface area (Å²) >= 11 is 3.56. The fourth-order valence-corrected chi connectivity index (χ4v) is 2.70. The van der Waals surface area contributed by atoms with Gasteiger partial charge in [-0.05, 0) is 12.2 Å². The molecular weight excluding hydrogens is 200 g/mol. The van der Waals surface area contributed by atoms with Gasteiger partial charge in [0, 0.05) is 16.8 Å². The van der Waals surface area contributed by atoms with Crippen molar-refractivity contribution in [1.82, 2.24) is 4.98 Å². The summed E-state index contributed by atoms with van der Waals surface area (Å²) in [5.41, 5.74) is 0. The molecule has 0 aliphatic rings. The monoisotopic (exact) mass is 212 g/mol. The molecule has 1 aromatic heterocycles. The lowest BCUT2D eigenvalue weighted by Gasteiger charge is -1.93. The van der Waals surface area contributed by atoms with Gasteiger partial charge in [-0.2, -0.15) is 17.0 Å². The van der Waals surface area contributed by atoms with Crippen LogP contribution in [0.15, 0.2) is 6.20 Å². The Labute approximate surface area is 87.0 Å². The Morgan fingerprint density at radius 3 is 3.23 bits per heavy atom. The molecule has 0 unspecified atom stereocenters. The normalized spacial score (nSPS) is 9.85. The first-order chi connectivity index (χ1) is 6.36. The van der Waals surface area contributed by atoms with E-state index in [9.17, 15) is 0 Å². The fraction of sp³-hybridized carbons (Fsp3) is 0.556. The Morgan fingerprint density at radius 1 is 1.69 bits per heavy atom. The van der Waals surface area contributed by atoms with Crippen LogP contribution in [0.4, 0.5) is 0 Å².